The molecule has 124 valence electrons. The van der Waals surface area contributed by atoms with Crippen LogP contribution in [0.5, 0.6) is 0 Å². The fraction of sp³-hybridized carbons (Fsp3) is 0.500. The summed E-state index contributed by atoms with van der Waals surface area (Å²) in [6.45, 7) is 4.04. The summed E-state index contributed by atoms with van der Waals surface area (Å²) in [6.07, 6.45) is 3.47. The highest BCUT2D eigenvalue weighted by Gasteiger charge is 2.23. The number of fused-ring (bicyclic) bond motifs is 1. The molecule has 23 heavy (non-hydrogen) atoms. The number of carbonyl (C=O) groups is 2. The van der Waals surface area contributed by atoms with Crippen LogP contribution in [-0.2, 0) is 4.79 Å². The molecule has 0 atom stereocenters. The molecule has 1 fully saturated rings. The van der Waals surface area contributed by atoms with Crippen molar-refractivity contribution >= 4 is 33.5 Å². The maximum Gasteiger partial charge on any atom is 0.303 e. The Balaban J connectivity index is 1.46. The van der Waals surface area contributed by atoms with Crippen LogP contribution < -0.4 is 0 Å². The van der Waals surface area contributed by atoms with Crippen molar-refractivity contribution in [1.82, 2.24) is 9.80 Å². The summed E-state index contributed by atoms with van der Waals surface area (Å²) in [4.78, 5) is 27.9. The fourth-order valence-corrected chi connectivity index (χ4v) is 3.76. The normalized spacial score (nSPS) is 16.1. The van der Waals surface area contributed by atoms with Gasteiger partial charge in [0.05, 0.1) is 15.8 Å². The molecule has 3 heterocycles. The molecular weight excluding hydrogens is 316 g/mol. The van der Waals surface area contributed by atoms with E-state index in [0.29, 0.717) is 6.42 Å². The minimum Gasteiger partial charge on any atom is -0.481 e. The Bertz CT molecular complexity index is 657. The Morgan fingerprint density at radius 1 is 1.22 bits per heavy atom. The summed E-state index contributed by atoms with van der Waals surface area (Å²) in [5.74, 6) is -0.658. The Hall–Kier alpha value is -1.86. The Kier molecular flexibility index (Phi) is 4.97. The van der Waals surface area contributed by atoms with E-state index in [0.717, 1.165) is 54.3 Å². The van der Waals surface area contributed by atoms with Crippen molar-refractivity contribution in [3.05, 3.63) is 23.3 Å². The topological polar surface area (TPSA) is 74.0 Å². The van der Waals surface area contributed by atoms with Crippen molar-refractivity contribution in [2.75, 3.05) is 32.7 Å². The minimum atomic E-state index is -0.734. The third kappa shape index (κ3) is 3.92. The number of piperazine rings is 1. The highest BCUT2D eigenvalue weighted by atomic mass is 32.1. The second-order valence-electron chi connectivity index (χ2n) is 5.74. The van der Waals surface area contributed by atoms with Crippen molar-refractivity contribution in [1.29, 1.82) is 0 Å². The Morgan fingerprint density at radius 2 is 2.00 bits per heavy atom. The number of nitrogens with zero attached hydrogens (tertiary/aromatic N) is 2. The van der Waals surface area contributed by atoms with Crippen LogP contribution in [0, 0.1) is 0 Å². The molecule has 2 aromatic rings. The van der Waals surface area contributed by atoms with Crippen LogP contribution in [0.15, 0.2) is 22.8 Å². The summed E-state index contributed by atoms with van der Waals surface area (Å²) >= 11 is 1.47. The lowest BCUT2D eigenvalue weighted by Crippen LogP contribution is -2.48. The first-order chi connectivity index (χ1) is 11.1. The standard InChI is InChI=1S/C16H20N2O4S/c19-15(20)3-1-2-5-17-6-8-18(9-7-17)16(21)14-11-12-13(23-14)4-10-22-12/h4,10-11H,1-3,5-9H2,(H,19,20). The van der Waals surface area contributed by atoms with Crippen molar-refractivity contribution in [3.8, 4) is 0 Å². The van der Waals surface area contributed by atoms with E-state index in [1.54, 1.807) is 6.26 Å². The SMILES string of the molecule is O=C(O)CCCCN1CCN(C(=O)c2cc3occc3s2)CC1. The van der Waals surface area contributed by atoms with Gasteiger partial charge in [0.25, 0.3) is 5.91 Å². The summed E-state index contributed by atoms with van der Waals surface area (Å²) in [5, 5.41) is 8.63. The average Bonchev–Trinajstić information content (AvgIpc) is 3.13. The molecule has 2 aromatic heterocycles. The van der Waals surface area contributed by atoms with Gasteiger partial charge in [0.1, 0.15) is 5.58 Å². The minimum absolute atomic E-state index is 0.0759. The van der Waals surface area contributed by atoms with Gasteiger partial charge in [-0.1, -0.05) is 0 Å². The van der Waals surface area contributed by atoms with Gasteiger partial charge in [-0.25, -0.2) is 0 Å². The zero-order chi connectivity index (χ0) is 16.2. The number of thiophene rings is 1. The van der Waals surface area contributed by atoms with Gasteiger partial charge >= 0.3 is 5.97 Å². The van der Waals surface area contributed by atoms with Gasteiger partial charge in [-0.3, -0.25) is 14.5 Å². The van der Waals surface area contributed by atoms with Crippen LogP contribution >= 0.6 is 11.3 Å². The number of amides is 1. The lowest BCUT2D eigenvalue weighted by Gasteiger charge is -2.34. The first-order valence-electron chi connectivity index (χ1n) is 7.84. The van der Waals surface area contributed by atoms with Crippen molar-refractivity contribution in [2.45, 2.75) is 19.3 Å². The molecule has 0 bridgehead atoms. The summed E-state index contributed by atoms with van der Waals surface area (Å²) in [7, 11) is 0. The Labute approximate surface area is 138 Å². The van der Waals surface area contributed by atoms with Gasteiger partial charge in [0.2, 0.25) is 0 Å². The number of unbranched alkanes of at least 4 members (excludes halogenated alkanes) is 1. The molecule has 0 saturated carbocycles. The highest BCUT2D eigenvalue weighted by molar-refractivity contribution is 7.20. The second kappa shape index (κ2) is 7.14. The third-order valence-electron chi connectivity index (χ3n) is 4.12. The van der Waals surface area contributed by atoms with Crippen molar-refractivity contribution in [3.63, 3.8) is 0 Å². The van der Waals surface area contributed by atoms with Crippen LogP contribution in [0.2, 0.25) is 0 Å². The maximum atomic E-state index is 12.5. The van der Waals surface area contributed by atoms with Gasteiger partial charge in [-0.15, -0.1) is 11.3 Å². The first-order valence-corrected chi connectivity index (χ1v) is 8.65. The summed E-state index contributed by atoms with van der Waals surface area (Å²) in [5.41, 5.74) is 0.774. The van der Waals surface area contributed by atoms with Crippen molar-refractivity contribution in [2.24, 2.45) is 0 Å². The predicted octanol–water partition coefficient (Wildman–Crippen LogP) is 2.51. The van der Waals surface area contributed by atoms with Gasteiger partial charge in [-0.05, 0) is 25.5 Å². The molecule has 0 aromatic carbocycles. The van der Waals surface area contributed by atoms with Crippen LogP contribution in [-0.4, -0.2) is 59.5 Å². The highest BCUT2D eigenvalue weighted by Crippen LogP contribution is 2.27. The zero-order valence-corrected chi connectivity index (χ0v) is 13.7. The molecule has 1 saturated heterocycles. The second-order valence-corrected chi connectivity index (χ2v) is 6.83. The predicted molar refractivity (Wildman–Crippen MR) is 87.9 cm³/mol. The van der Waals surface area contributed by atoms with E-state index in [4.69, 9.17) is 9.52 Å². The number of carboxylic acids is 1. The number of furan rings is 1. The summed E-state index contributed by atoms with van der Waals surface area (Å²) < 4.78 is 6.32. The van der Waals surface area contributed by atoms with E-state index in [1.807, 2.05) is 17.0 Å². The lowest BCUT2D eigenvalue weighted by atomic mass is 10.2. The zero-order valence-electron chi connectivity index (χ0n) is 12.9. The van der Waals surface area contributed by atoms with Crippen LogP contribution in [0.25, 0.3) is 10.3 Å². The number of aliphatic carboxylic acids is 1. The first kappa shape index (κ1) is 16.0. The molecule has 1 N–H and O–H groups in total. The van der Waals surface area contributed by atoms with E-state index in [9.17, 15) is 9.59 Å². The summed E-state index contributed by atoms with van der Waals surface area (Å²) in [6, 6.07) is 3.70. The van der Waals surface area contributed by atoms with Gasteiger partial charge in [0, 0.05) is 38.7 Å². The van der Waals surface area contributed by atoms with E-state index in [2.05, 4.69) is 4.90 Å². The van der Waals surface area contributed by atoms with Crippen LogP contribution in [0.4, 0.5) is 0 Å². The van der Waals surface area contributed by atoms with Crippen LogP contribution in [0.1, 0.15) is 28.9 Å². The Morgan fingerprint density at radius 3 is 2.70 bits per heavy atom. The number of carbonyl (C=O) groups excluding carboxylic acids is 1. The molecule has 1 amide bonds. The largest absolute Gasteiger partial charge is 0.481 e. The molecule has 0 radical (unpaired) electrons. The molecule has 6 nitrogen and oxygen atoms in total. The van der Waals surface area contributed by atoms with E-state index >= 15 is 0 Å². The molecule has 0 aliphatic carbocycles. The smallest absolute Gasteiger partial charge is 0.303 e. The van der Waals surface area contributed by atoms with Crippen LogP contribution in [0.3, 0.4) is 0 Å². The van der Waals surface area contributed by atoms with Gasteiger partial charge in [0.15, 0.2) is 0 Å². The molecule has 0 spiro atoms. The molecule has 1 aliphatic rings. The average molecular weight is 336 g/mol. The van der Waals surface area contributed by atoms with E-state index in [1.165, 1.54) is 11.3 Å². The van der Waals surface area contributed by atoms with Gasteiger partial charge < -0.3 is 14.4 Å². The molecular formula is C16H20N2O4S. The van der Waals surface area contributed by atoms with E-state index in [-0.39, 0.29) is 12.3 Å². The lowest BCUT2D eigenvalue weighted by molar-refractivity contribution is -0.137. The van der Waals surface area contributed by atoms with E-state index < -0.39 is 5.97 Å². The third-order valence-corrected chi connectivity index (χ3v) is 5.19. The van der Waals surface area contributed by atoms with Gasteiger partial charge in [-0.2, -0.15) is 0 Å². The fourth-order valence-electron chi connectivity index (χ4n) is 2.81. The number of hydrogen-bond donors (Lipinski definition) is 1. The molecule has 7 heteroatoms. The maximum absolute atomic E-state index is 12.5. The number of hydrogen-bond acceptors (Lipinski definition) is 5. The van der Waals surface area contributed by atoms with Crippen molar-refractivity contribution < 1.29 is 19.1 Å². The quantitative estimate of drug-likeness (QED) is 0.821. The monoisotopic (exact) mass is 336 g/mol. The molecule has 0 unspecified atom stereocenters. The number of carboxylic acid groups (broad SMARTS) is 1. The molecule has 3 rings (SSSR count). The molecule has 1 aliphatic heterocycles. The number of rotatable bonds is 6.